The zero-order valence-electron chi connectivity index (χ0n) is 8.36. The van der Waals surface area contributed by atoms with Gasteiger partial charge in [-0.1, -0.05) is 6.07 Å². The molecule has 0 amide bonds. The normalized spacial score (nSPS) is 17.1. The van der Waals surface area contributed by atoms with Gasteiger partial charge in [0.15, 0.2) is 0 Å². The van der Waals surface area contributed by atoms with Gasteiger partial charge in [-0.3, -0.25) is 0 Å². The molecule has 2 rings (SSSR count). The minimum atomic E-state index is 0.581. The average Bonchev–Trinajstić information content (AvgIpc) is 2.23. The van der Waals surface area contributed by atoms with Crippen LogP contribution in [0.15, 0.2) is 12.1 Å². The maximum Gasteiger partial charge on any atom is 0.134 e. The van der Waals surface area contributed by atoms with Gasteiger partial charge in [-0.05, 0) is 18.6 Å². The summed E-state index contributed by atoms with van der Waals surface area (Å²) in [5, 5.41) is 0. The van der Waals surface area contributed by atoms with Crippen molar-refractivity contribution in [3.8, 4) is 0 Å². The molecular weight excluding hydrogens is 178 g/mol. The van der Waals surface area contributed by atoms with E-state index in [0.29, 0.717) is 5.82 Å². The molecule has 0 saturated carbocycles. The Morgan fingerprint density at radius 3 is 2.79 bits per heavy atom. The molecular formula is C10H15N3O. The van der Waals surface area contributed by atoms with Crippen LogP contribution in [0.1, 0.15) is 5.56 Å². The van der Waals surface area contributed by atoms with Gasteiger partial charge in [0.05, 0.1) is 13.2 Å². The Hall–Kier alpha value is -1.29. The number of hydrogen-bond donors (Lipinski definition) is 1. The lowest BCUT2D eigenvalue weighted by atomic mass is 10.2. The van der Waals surface area contributed by atoms with Crippen LogP contribution < -0.4 is 10.6 Å². The number of nitrogens with zero attached hydrogens (tertiary/aromatic N) is 2. The summed E-state index contributed by atoms with van der Waals surface area (Å²) in [7, 11) is 0. The van der Waals surface area contributed by atoms with Crippen molar-refractivity contribution in [3.63, 3.8) is 0 Å². The fourth-order valence-electron chi connectivity index (χ4n) is 1.63. The Bertz CT molecular complexity index is 321. The Morgan fingerprint density at radius 2 is 2.07 bits per heavy atom. The molecule has 1 aliphatic heterocycles. The second-order valence-corrected chi connectivity index (χ2v) is 3.48. The van der Waals surface area contributed by atoms with E-state index in [1.165, 1.54) is 5.56 Å². The fourth-order valence-corrected chi connectivity index (χ4v) is 1.63. The molecule has 1 aromatic heterocycles. The van der Waals surface area contributed by atoms with Crippen LogP contribution in [0.2, 0.25) is 0 Å². The largest absolute Gasteiger partial charge is 0.384 e. The predicted octanol–water partition coefficient (Wildman–Crippen LogP) is 0.809. The van der Waals surface area contributed by atoms with Crippen molar-refractivity contribution in [2.75, 3.05) is 36.9 Å². The lowest BCUT2D eigenvalue weighted by Crippen LogP contribution is -2.37. The summed E-state index contributed by atoms with van der Waals surface area (Å²) in [6.07, 6.45) is 0. The predicted molar refractivity (Wildman–Crippen MR) is 56.4 cm³/mol. The highest BCUT2D eigenvalue weighted by molar-refractivity contribution is 5.51. The molecule has 0 aliphatic carbocycles. The van der Waals surface area contributed by atoms with E-state index in [9.17, 15) is 0 Å². The average molecular weight is 193 g/mol. The number of nitrogens with two attached hydrogens (primary N) is 1. The number of hydrogen-bond acceptors (Lipinski definition) is 4. The van der Waals surface area contributed by atoms with Gasteiger partial charge in [0.1, 0.15) is 11.6 Å². The lowest BCUT2D eigenvalue weighted by Gasteiger charge is -2.29. The third-order valence-electron chi connectivity index (χ3n) is 2.40. The number of morpholine rings is 1. The number of pyridine rings is 1. The van der Waals surface area contributed by atoms with Crippen LogP contribution >= 0.6 is 0 Å². The van der Waals surface area contributed by atoms with Gasteiger partial charge in [-0.2, -0.15) is 0 Å². The summed E-state index contributed by atoms with van der Waals surface area (Å²) in [5.74, 6) is 1.57. The minimum absolute atomic E-state index is 0.581. The third-order valence-corrected chi connectivity index (χ3v) is 2.40. The molecule has 1 fully saturated rings. The first-order valence-corrected chi connectivity index (χ1v) is 4.83. The maximum atomic E-state index is 5.67. The van der Waals surface area contributed by atoms with Crippen LogP contribution in [0.25, 0.3) is 0 Å². The Labute approximate surface area is 83.7 Å². The molecule has 0 spiro atoms. The van der Waals surface area contributed by atoms with E-state index in [1.807, 2.05) is 12.1 Å². The van der Waals surface area contributed by atoms with Crippen LogP contribution in [-0.4, -0.2) is 31.3 Å². The van der Waals surface area contributed by atoms with Crippen LogP contribution in [0.3, 0.4) is 0 Å². The van der Waals surface area contributed by atoms with Crippen LogP contribution in [0.4, 0.5) is 11.6 Å². The van der Waals surface area contributed by atoms with E-state index in [0.717, 1.165) is 32.1 Å². The van der Waals surface area contributed by atoms with Crippen LogP contribution in [0, 0.1) is 6.92 Å². The Morgan fingerprint density at radius 1 is 1.36 bits per heavy atom. The standard InChI is InChI=1S/C10H15N3O/c1-8-2-3-9(11)12-10(8)13-4-6-14-7-5-13/h2-3H,4-7H2,1H3,(H2,11,12). The number of aryl methyl sites for hydroxylation is 1. The van der Waals surface area contributed by atoms with E-state index < -0.39 is 0 Å². The summed E-state index contributed by atoms with van der Waals surface area (Å²) in [6, 6.07) is 3.84. The van der Waals surface area contributed by atoms with Gasteiger partial charge in [0, 0.05) is 13.1 Å². The van der Waals surface area contributed by atoms with Crippen LogP contribution in [0.5, 0.6) is 0 Å². The summed E-state index contributed by atoms with van der Waals surface area (Å²) in [5.41, 5.74) is 6.83. The molecule has 14 heavy (non-hydrogen) atoms. The van der Waals surface area contributed by atoms with E-state index in [2.05, 4.69) is 16.8 Å². The van der Waals surface area contributed by atoms with Crippen molar-refractivity contribution < 1.29 is 4.74 Å². The van der Waals surface area contributed by atoms with Crippen molar-refractivity contribution in [2.45, 2.75) is 6.92 Å². The smallest absolute Gasteiger partial charge is 0.134 e. The van der Waals surface area contributed by atoms with Crippen molar-refractivity contribution in [2.24, 2.45) is 0 Å². The molecule has 0 atom stereocenters. The monoisotopic (exact) mass is 193 g/mol. The van der Waals surface area contributed by atoms with E-state index >= 15 is 0 Å². The van der Waals surface area contributed by atoms with Crippen LogP contribution in [-0.2, 0) is 4.74 Å². The number of aromatic nitrogens is 1. The summed E-state index contributed by atoms with van der Waals surface area (Å²) in [4.78, 5) is 6.56. The first kappa shape index (κ1) is 9.27. The first-order valence-electron chi connectivity index (χ1n) is 4.83. The molecule has 1 aromatic rings. The fraction of sp³-hybridized carbons (Fsp3) is 0.500. The molecule has 1 saturated heterocycles. The SMILES string of the molecule is Cc1ccc(N)nc1N1CCOCC1. The molecule has 0 aromatic carbocycles. The van der Waals surface area contributed by atoms with E-state index in [4.69, 9.17) is 10.5 Å². The highest BCUT2D eigenvalue weighted by atomic mass is 16.5. The highest BCUT2D eigenvalue weighted by Crippen LogP contribution is 2.19. The lowest BCUT2D eigenvalue weighted by molar-refractivity contribution is 0.122. The highest BCUT2D eigenvalue weighted by Gasteiger charge is 2.14. The second-order valence-electron chi connectivity index (χ2n) is 3.48. The van der Waals surface area contributed by atoms with Gasteiger partial charge >= 0.3 is 0 Å². The third kappa shape index (κ3) is 1.80. The molecule has 0 bridgehead atoms. The second kappa shape index (κ2) is 3.84. The summed E-state index contributed by atoms with van der Waals surface area (Å²) < 4.78 is 5.29. The van der Waals surface area contributed by atoms with Crippen molar-refractivity contribution in [1.82, 2.24) is 4.98 Å². The van der Waals surface area contributed by atoms with Gasteiger partial charge in [-0.15, -0.1) is 0 Å². The molecule has 4 heteroatoms. The molecule has 76 valence electrons. The number of rotatable bonds is 1. The molecule has 2 N–H and O–H groups in total. The number of nitrogen functional groups attached to an aromatic ring is 1. The first-order chi connectivity index (χ1) is 6.77. The molecule has 0 radical (unpaired) electrons. The van der Waals surface area contributed by atoms with Crippen molar-refractivity contribution >= 4 is 11.6 Å². The quantitative estimate of drug-likeness (QED) is 0.717. The molecule has 2 heterocycles. The zero-order valence-corrected chi connectivity index (χ0v) is 8.36. The van der Waals surface area contributed by atoms with Gasteiger partial charge < -0.3 is 15.4 Å². The molecule has 4 nitrogen and oxygen atoms in total. The topological polar surface area (TPSA) is 51.4 Å². The van der Waals surface area contributed by atoms with Crippen molar-refractivity contribution in [3.05, 3.63) is 17.7 Å². The van der Waals surface area contributed by atoms with E-state index in [-0.39, 0.29) is 0 Å². The van der Waals surface area contributed by atoms with Crippen molar-refractivity contribution in [1.29, 1.82) is 0 Å². The zero-order chi connectivity index (χ0) is 9.97. The number of anilines is 2. The minimum Gasteiger partial charge on any atom is -0.384 e. The van der Waals surface area contributed by atoms with Gasteiger partial charge in [-0.25, -0.2) is 4.98 Å². The van der Waals surface area contributed by atoms with E-state index in [1.54, 1.807) is 0 Å². The Balaban J connectivity index is 2.24. The molecule has 0 unspecified atom stereocenters. The Kier molecular flexibility index (Phi) is 2.54. The number of ether oxygens (including phenoxy) is 1. The maximum absolute atomic E-state index is 5.67. The van der Waals surface area contributed by atoms with Gasteiger partial charge in [0.25, 0.3) is 0 Å². The van der Waals surface area contributed by atoms with Gasteiger partial charge in [0.2, 0.25) is 0 Å². The molecule has 1 aliphatic rings. The summed E-state index contributed by atoms with van der Waals surface area (Å²) in [6.45, 7) is 5.40. The summed E-state index contributed by atoms with van der Waals surface area (Å²) >= 11 is 0.